The predicted molar refractivity (Wildman–Crippen MR) is 79.8 cm³/mol. The fourth-order valence-corrected chi connectivity index (χ4v) is 2.56. The molecule has 2 rings (SSSR count). The van der Waals surface area contributed by atoms with Crippen LogP contribution in [0, 0.1) is 0 Å². The van der Waals surface area contributed by atoms with Crippen LogP contribution in [0.3, 0.4) is 0 Å². The first-order chi connectivity index (χ1) is 9.69. The molecule has 1 aromatic rings. The van der Waals surface area contributed by atoms with Crippen molar-refractivity contribution in [3.8, 4) is 0 Å². The molecule has 1 saturated heterocycles. The van der Waals surface area contributed by atoms with Crippen LogP contribution in [0.2, 0.25) is 0 Å². The van der Waals surface area contributed by atoms with E-state index in [1.807, 2.05) is 31.2 Å². The van der Waals surface area contributed by atoms with Gasteiger partial charge in [0.25, 0.3) is 5.91 Å². The first-order valence-corrected chi connectivity index (χ1v) is 7.30. The molecule has 4 heteroatoms. The van der Waals surface area contributed by atoms with Gasteiger partial charge in [0.2, 0.25) is 0 Å². The Hall–Kier alpha value is -1.39. The van der Waals surface area contributed by atoms with Gasteiger partial charge in [0, 0.05) is 25.3 Å². The van der Waals surface area contributed by atoms with E-state index < -0.39 is 0 Å². The summed E-state index contributed by atoms with van der Waals surface area (Å²) in [5, 5.41) is 2.92. The van der Waals surface area contributed by atoms with E-state index in [0.29, 0.717) is 12.2 Å². The molecule has 110 valence electrons. The number of carbonyl (C=O) groups excluding carboxylic acids is 1. The number of likely N-dealkylation sites (tertiary alicyclic amines) is 1. The fourth-order valence-electron chi connectivity index (χ4n) is 2.56. The normalized spacial score (nSPS) is 17.1. The molecule has 0 aromatic heterocycles. The average molecular weight is 276 g/mol. The maximum atomic E-state index is 12.0. The van der Waals surface area contributed by atoms with Crippen molar-refractivity contribution in [3.63, 3.8) is 0 Å². The standard InChI is InChI=1S/C16H24N2O2/c1-13(12-20-2)17-16(19)15-7-5-14(6-8-15)11-18-9-3-4-10-18/h5-8,13H,3-4,9-12H2,1-2H3,(H,17,19)/t13-/m0/s1. The van der Waals surface area contributed by atoms with Gasteiger partial charge in [-0.25, -0.2) is 0 Å². The van der Waals surface area contributed by atoms with Gasteiger partial charge in [-0.1, -0.05) is 12.1 Å². The number of hydrogen-bond donors (Lipinski definition) is 1. The highest BCUT2D eigenvalue weighted by atomic mass is 16.5. The predicted octanol–water partition coefficient (Wildman–Crippen LogP) is 2.05. The van der Waals surface area contributed by atoms with Crippen molar-refractivity contribution in [2.75, 3.05) is 26.8 Å². The molecule has 1 fully saturated rings. The molecule has 1 aliphatic heterocycles. The topological polar surface area (TPSA) is 41.6 Å². The lowest BCUT2D eigenvalue weighted by molar-refractivity contribution is 0.0905. The molecular formula is C16H24N2O2. The maximum absolute atomic E-state index is 12.0. The molecule has 0 unspecified atom stereocenters. The highest BCUT2D eigenvalue weighted by Crippen LogP contribution is 2.13. The Bertz CT molecular complexity index is 425. The highest BCUT2D eigenvalue weighted by molar-refractivity contribution is 5.94. The molecule has 0 spiro atoms. The third-order valence-corrected chi connectivity index (χ3v) is 3.62. The van der Waals surface area contributed by atoms with Gasteiger partial charge in [-0.2, -0.15) is 0 Å². The smallest absolute Gasteiger partial charge is 0.251 e. The Kier molecular flexibility index (Phi) is 5.56. The number of methoxy groups -OCH3 is 1. The number of nitrogens with zero attached hydrogens (tertiary/aromatic N) is 1. The largest absolute Gasteiger partial charge is 0.383 e. The third kappa shape index (κ3) is 4.32. The fraction of sp³-hybridized carbons (Fsp3) is 0.562. The van der Waals surface area contributed by atoms with Crippen molar-refractivity contribution in [1.82, 2.24) is 10.2 Å². The van der Waals surface area contributed by atoms with Crippen molar-refractivity contribution < 1.29 is 9.53 Å². The Morgan fingerprint density at radius 3 is 2.55 bits per heavy atom. The van der Waals surface area contributed by atoms with Crippen molar-refractivity contribution >= 4 is 5.91 Å². The van der Waals surface area contributed by atoms with Gasteiger partial charge in [-0.05, 0) is 50.6 Å². The SMILES string of the molecule is COC[C@H](C)NC(=O)c1ccc(CN2CCCC2)cc1. The van der Waals surface area contributed by atoms with E-state index in [1.165, 1.54) is 31.5 Å². The molecule has 0 saturated carbocycles. The quantitative estimate of drug-likeness (QED) is 0.864. The lowest BCUT2D eigenvalue weighted by Crippen LogP contribution is -2.35. The van der Waals surface area contributed by atoms with Crippen LogP contribution in [0.15, 0.2) is 24.3 Å². The number of carbonyl (C=O) groups is 1. The van der Waals surface area contributed by atoms with Crippen LogP contribution >= 0.6 is 0 Å². The third-order valence-electron chi connectivity index (χ3n) is 3.62. The van der Waals surface area contributed by atoms with Crippen molar-refractivity contribution in [1.29, 1.82) is 0 Å². The van der Waals surface area contributed by atoms with Gasteiger partial charge in [-0.15, -0.1) is 0 Å². The molecule has 1 atom stereocenters. The van der Waals surface area contributed by atoms with Gasteiger partial charge in [0.1, 0.15) is 0 Å². The summed E-state index contributed by atoms with van der Waals surface area (Å²) in [4.78, 5) is 14.5. The molecule has 1 aromatic carbocycles. The van der Waals surface area contributed by atoms with Gasteiger partial charge in [-0.3, -0.25) is 9.69 Å². The zero-order valence-corrected chi connectivity index (χ0v) is 12.4. The maximum Gasteiger partial charge on any atom is 0.251 e. The summed E-state index contributed by atoms with van der Waals surface area (Å²) in [6, 6.07) is 7.93. The summed E-state index contributed by atoms with van der Waals surface area (Å²) >= 11 is 0. The molecule has 0 bridgehead atoms. The average Bonchev–Trinajstić information content (AvgIpc) is 2.92. The number of benzene rings is 1. The second-order valence-electron chi connectivity index (χ2n) is 5.51. The van der Waals surface area contributed by atoms with Crippen LogP contribution in [0.4, 0.5) is 0 Å². The summed E-state index contributed by atoms with van der Waals surface area (Å²) in [6.45, 7) is 5.83. The van der Waals surface area contributed by atoms with Crippen LogP contribution in [-0.2, 0) is 11.3 Å². The number of hydrogen-bond acceptors (Lipinski definition) is 3. The second-order valence-corrected chi connectivity index (χ2v) is 5.51. The monoisotopic (exact) mass is 276 g/mol. The minimum atomic E-state index is -0.0396. The van der Waals surface area contributed by atoms with E-state index in [-0.39, 0.29) is 11.9 Å². The second kappa shape index (κ2) is 7.41. The molecule has 1 N–H and O–H groups in total. The minimum absolute atomic E-state index is 0.0248. The van der Waals surface area contributed by atoms with E-state index in [4.69, 9.17) is 4.74 Å². The van der Waals surface area contributed by atoms with Crippen molar-refractivity contribution in [3.05, 3.63) is 35.4 Å². The lowest BCUT2D eigenvalue weighted by atomic mass is 10.1. The van der Waals surface area contributed by atoms with E-state index in [9.17, 15) is 4.79 Å². The minimum Gasteiger partial charge on any atom is -0.383 e. The van der Waals surface area contributed by atoms with Gasteiger partial charge in [0.05, 0.1) is 6.61 Å². The zero-order valence-electron chi connectivity index (χ0n) is 12.4. The Morgan fingerprint density at radius 1 is 1.30 bits per heavy atom. The first kappa shape index (κ1) is 15.0. The summed E-state index contributed by atoms with van der Waals surface area (Å²) in [7, 11) is 1.63. The Balaban J connectivity index is 1.88. The van der Waals surface area contributed by atoms with Crippen LogP contribution in [0.25, 0.3) is 0 Å². The first-order valence-electron chi connectivity index (χ1n) is 7.30. The Morgan fingerprint density at radius 2 is 1.95 bits per heavy atom. The van der Waals surface area contributed by atoms with Crippen LogP contribution in [0.1, 0.15) is 35.7 Å². The van der Waals surface area contributed by atoms with Crippen molar-refractivity contribution in [2.45, 2.75) is 32.4 Å². The lowest BCUT2D eigenvalue weighted by Gasteiger charge is -2.15. The van der Waals surface area contributed by atoms with Crippen LogP contribution < -0.4 is 5.32 Å². The van der Waals surface area contributed by atoms with E-state index >= 15 is 0 Å². The number of amides is 1. The van der Waals surface area contributed by atoms with E-state index in [2.05, 4.69) is 10.2 Å². The molecular weight excluding hydrogens is 252 g/mol. The Labute approximate surface area is 121 Å². The summed E-state index contributed by atoms with van der Waals surface area (Å²) < 4.78 is 5.01. The van der Waals surface area contributed by atoms with Crippen LogP contribution in [0.5, 0.6) is 0 Å². The zero-order chi connectivity index (χ0) is 14.4. The summed E-state index contributed by atoms with van der Waals surface area (Å²) in [6.07, 6.45) is 2.61. The van der Waals surface area contributed by atoms with E-state index in [0.717, 1.165) is 6.54 Å². The highest BCUT2D eigenvalue weighted by Gasteiger charge is 2.13. The number of ether oxygens (including phenoxy) is 1. The number of nitrogens with one attached hydrogen (secondary N) is 1. The summed E-state index contributed by atoms with van der Waals surface area (Å²) in [5.74, 6) is -0.0396. The molecule has 1 aliphatic rings. The van der Waals surface area contributed by atoms with Gasteiger partial charge < -0.3 is 10.1 Å². The van der Waals surface area contributed by atoms with Gasteiger partial charge >= 0.3 is 0 Å². The molecule has 1 amide bonds. The van der Waals surface area contributed by atoms with E-state index in [1.54, 1.807) is 7.11 Å². The molecule has 1 heterocycles. The molecule has 0 radical (unpaired) electrons. The number of rotatable bonds is 6. The molecule has 0 aliphatic carbocycles. The van der Waals surface area contributed by atoms with Gasteiger partial charge in [0.15, 0.2) is 0 Å². The van der Waals surface area contributed by atoms with Crippen LogP contribution in [-0.4, -0.2) is 43.7 Å². The molecule has 20 heavy (non-hydrogen) atoms. The molecule has 4 nitrogen and oxygen atoms in total. The van der Waals surface area contributed by atoms with Crippen molar-refractivity contribution in [2.24, 2.45) is 0 Å². The summed E-state index contributed by atoms with van der Waals surface area (Å²) in [5.41, 5.74) is 1.98.